The van der Waals surface area contributed by atoms with Crippen LogP contribution >= 0.6 is 11.3 Å². The van der Waals surface area contributed by atoms with Crippen LogP contribution in [-0.2, 0) is 9.53 Å². The Morgan fingerprint density at radius 1 is 1.18 bits per heavy atom. The number of esters is 1. The lowest BCUT2D eigenvalue weighted by atomic mass is 9.97. The first kappa shape index (κ1) is 20.3. The number of benzene rings is 1. The molecule has 1 amide bonds. The van der Waals surface area contributed by atoms with E-state index < -0.39 is 5.97 Å². The second-order valence-corrected chi connectivity index (χ2v) is 8.17. The SMILES string of the molecule is COc1ccc(-c2nc(C)c(C(=O)OCC(=O)N3[C@H](C)CCC[C@H]3C)s2)cc1. The summed E-state index contributed by atoms with van der Waals surface area (Å²) >= 11 is 1.27. The van der Waals surface area contributed by atoms with E-state index in [9.17, 15) is 9.59 Å². The van der Waals surface area contributed by atoms with Crippen LogP contribution in [0.4, 0.5) is 0 Å². The molecule has 1 fully saturated rings. The van der Waals surface area contributed by atoms with E-state index >= 15 is 0 Å². The first-order chi connectivity index (χ1) is 13.4. The van der Waals surface area contributed by atoms with Crippen LogP contribution < -0.4 is 4.74 Å². The number of carbonyl (C=O) groups is 2. The van der Waals surface area contributed by atoms with Crippen molar-refractivity contribution in [2.45, 2.75) is 52.1 Å². The van der Waals surface area contributed by atoms with Crippen molar-refractivity contribution in [1.29, 1.82) is 0 Å². The standard InChI is InChI=1S/C21H26N2O4S/c1-13-6-5-7-14(2)23(13)18(24)12-27-21(25)19-15(3)22-20(28-19)16-8-10-17(26-4)11-9-16/h8-11,13-14H,5-7,12H2,1-4H3/t13-,14-/m1/s1. The fourth-order valence-electron chi connectivity index (χ4n) is 3.62. The molecule has 0 aliphatic carbocycles. The lowest BCUT2D eigenvalue weighted by molar-refractivity contribution is -0.140. The van der Waals surface area contributed by atoms with Crippen molar-refractivity contribution in [3.63, 3.8) is 0 Å². The van der Waals surface area contributed by atoms with Crippen molar-refractivity contribution < 1.29 is 19.1 Å². The van der Waals surface area contributed by atoms with Gasteiger partial charge in [-0.3, -0.25) is 4.79 Å². The Morgan fingerprint density at radius 3 is 2.43 bits per heavy atom. The van der Waals surface area contributed by atoms with E-state index in [1.165, 1.54) is 11.3 Å². The summed E-state index contributed by atoms with van der Waals surface area (Å²) in [6, 6.07) is 7.86. The fraction of sp³-hybridized carbons (Fsp3) is 0.476. The summed E-state index contributed by atoms with van der Waals surface area (Å²) in [7, 11) is 1.61. The number of thiazole rings is 1. The first-order valence-electron chi connectivity index (χ1n) is 9.51. The summed E-state index contributed by atoms with van der Waals surface area (Å²) in [5, 5.41) is 0.733. The molecule has 0 bridgehead atoms. The quantitative estimate of drug-likeness (QED) is 0.705. The third kappa shape index (κ3) is 4.35. The Morgan fingerprint density at radius 2 is 1.82 bits per heavy atom. The Hall–Kier alpha value is -2.41. The van der Waals surface area contributed by atoms with E-state index in [1.54, 1.807) is 14.0 Å². The minimum atomic E-state index is -0.500. The Bertz CT molecular complexity index is 837. The highest BCUT2D eigenvalue weighted by atomic mass is 32.1. The van der Waals surface area contributed by atoms with Crippen LogP contribution in [0.25, 0.3) is 10.6 Å². The molecule has 1 aliphatic heterocycles. The number of aryl methyl sites for hydroxylation is 1. The van der Waals surface area contributed by atoms with Gasteiger partial charge in [-0.05, 0) is 64.3 Å². The molecule has 0 radical (unpaired) electrons. The molecule has 2 aromatic rings. The third-order valence-corrected chi connectivity index (χ3v) is 6.31. The second kappa shape index (κ2) is 8.73. The van der Waals surface area contributed by atoms with Crippen LogP contribution in [0.5, 0.6) is 5.75 Å². The lowest BCUT2D eigenvalue weighted by Crippen LogP contribution is -2.49. The summed E-state index contributed by atoms with van der Waals surface area (Å²) in [5.74, 6) is 0.127. The third-order valence-electron chi connectivity index (χ3n) is 5.13. The average Bonchev–Trinajstić information content (AvgIpc) is 3.08. The number of amides is 1. The molecule has 150 valence electrons. The lowest BCUT2D eigenvalue weighted by Gasteiger charge is -2.38. The molecule has 0 N–H and O–H groups in total. The smallest absolute Gasteiger partial charge is 0.350 e. The van der Waals surface area contributed by atoms with Crippen LogP contribution in [0.3, 0.4) is 0 Å². The molecular formula is C21H26N2O4S. The van der Waals surface area contributed by atoms with Gasteiger partial charge in [0.05, 0.1) is 12.8 Å². The van der Waals surface area contributed by atoms with E-state index in [1.807, 2.05) is 43.0 Å². The molecule has 0 unspecified atom stereocenters. The van der Waals surface area contributed by atoms with Crippen LogP contribution in [0, 0.1) is 6.92 Å². The molecule has 1 aromatic carbocycles. The van der Waals surface area contributed by atoms with Crippen molar-refractivity contribution in [2.24, 2.45) is 0 Å². The highest BCUT2D eigenvalue weighted by Crippen LogP contribution is 2.30. The Kier molecular flexibility index (Phi) is 6.34. The minimum absolute atomic E-state index is 0.134. The molecule has 2 heterocycles. The zero-order chi connectivity index (χ0) is 20.3. The molecule has 3 rings (SSSR count). The maximum Gasteiger partial charge on any atom is 0.350 e. The molecule has 2 atom stereocenters. The molecule has 1 aromatic heterocycles. The number of aromatic nitrogens is 1. The zero-order valence-electron chi connectivity index (χ0n) is 16.7. The number of methoxy groups -OCH3 is 1. The summed E-state index contributed by atoms with van der Waals surface area (Å²) < 4.78 is 10.5. The van der Waals surface area contributed by atoms with Gasteiger partial charge >= 0.3 is 5.97 Å². The zero-order valence-corrected chi connectivity index (χ0v) is 17.5. The molecule has 0 spiro atoms. The normalized spacial score (nSPS) is 19.4. The summed E-state index contributed by atoms with van der Waals surface area (Å²) in [6.07, 6.45) is 3.10. The number of carbonyl (C=O) groups excluding carboxylic acids is 2. The van der Waals surface area contributed by atoms with Gasteiger partial charge < -0.3 is 14.4 Å². The van der Waals surface area contributed by atoms with Crippen LogP contribution in [0.1, 0.15) is 48.5 Å². The monoisotopic (exact) mass is 402 g/mol. The number of nitrogens with zero attached hydrogens (tertiary/aromatic N) is 2. The van der Waals surface area contributed by atoms with Crippen molar-refractivity contribution in [3.05, 3.63) is 34.8 Å². The maximum atomic E-state index is 12.6. The van der Waals surface area contributed by atoms with Gasteiger partial charge in [0.15, 0.2) is 6.61 Å². The van der Waals surface area contributed by atoms with Crippen LogP contribution in [-0.4, -0.2) is 47.6 Å². The van der Waals surface area contributed by atoms with Crippen molar-refractivity contribution >= 4 is 23.2 Å². The van der Waals surface area contributed by atoms with Gasteiger partial charge in [0.25, 0.3) is 5.91 Å². The van der Waals surface area contributed by atoms with Crippen LogP contribution in [0.15, 0.2) is 24.3 Å². The Balaban J connectivity index is 1.66. The predicted molar refractivity (Wildman–Crippen MR) is 109 cm³/mol. The summed E-state index contributed by atoms with van der Waals surface area (Å²) in [4.78, 5) is 31.8. The second-order valence-electron chi connectivity index (χ2n) is 7.17. The minimum Gasteiger partial charge on any atom is -0.497 e. The maximum absolute atomic E-state index is 12.6. The largest absolute Gasteiger partial charge is 0.497 e. The molecule has 6 nitrogen and oxygen atoms in total. The summed E-state index contributed by atoms with van der Waals surface area (Å²) in [5.41, 5.74) is 1.51. The number of likely N-dealkylation sites (tertiary alicyclic amines) is 1. The van der Waals surface area contributed by atoms with Gasteiger partial charge in [-0.15, -0.1) is 11.3 Å². The van der Waals surface area contributed by atoms with Crippen molar-refractivity contribution in [2.75, 3.05) is 13.7 Å². The fourth-order valence-corrected chi connectivity index (χ4v) is 4.59. The topological polar surface area (TPSA) is 68.7 Å². The molecular weight excluding hydrogens is 376 g/mol. The van der Waals surface area contributed by atoms with E-state index in [0.717, 1.165) is 35.6 Å². The molecule has 0 saturated carbocycles. The van der Waals surface area contributed by atoms with Gasteiger partial charge in [-0.1, -0.05) is 0 Å². The average molecular weight is 403 g/mol. The molecule has 1 aliphatic rings. The van der Waals surface area contributed by atoms with E-state index in [4.69, 9.17) is 9.47 Å². The van der Waals surface area contributed by atoms with E-state index in [0.29, 0.717) is 10.6 Å². The van der Waals surface area contributed by atoms with Gasteiger partial charge in [0.1, 0.15) is 15.6 Å². The molecule has 1 saturated heterocycles. The number of hydrogen-bond acceptors (Lipinski definition) is 6. The number of piperidine rings is 1. The van der Waals surface area contributed by atoms with Crippen LogP contribution in [0.2, 0.25) is 0 Å². The van der Waals surface area contributed by atoms with Gasteiger partial charge in [0.2, 0.25) is 0 Å². The van der Waals surface area contributed by atoms with Crippen molar-refractivity contribution in [3.8, 4) is 16.3 Å². The first-order valence-corrected chi connectivity index (χ1v) is 10.3. The van der Waals surface area contributed by atoms with E-state index in [-0.39, 0.29) is 24.6 Å². The van der Waals surface area contributed by atoms with Gasteiger partial charge in [-0.25, -0.2) is 9.78 Å². The highest BCUT2D eigenvalue weighted by molar-refractivity contribution is 7.17. The Labute approximate surface area is 169 Å². The highest BCUT2D eigenvalue weighted by Gasteiger charge is 2.29. The number of hydrogen-bond donors (Lipinski definition) is 0. The van der Waals surface area contributed by atoms with Gasteiger partial charge in [0, 0.05) is 17.6 Å². The summed E-state index contributed by atoms with van der Waals surface area (Å²) in [6.45, 7) is 5.63. The number of rotatable bonds is 5. The van der Waals surface area contributed by atoms with E-state index in [2.05, 4.69) is 4.98 Å². The molecule has 7 heteroatoms. The van der Waals surface area contributed by atoms with Gasteiger partial charge in [-0.2, -0.15) is 0 Å². The number of ether oxygens (including phenoxy) is 2. The van der Waals surface area contributed by atoms with Crippen molar-refractivity contribution in [1.82, 2.24) is 9.88 Å². The predicted octanol–water partition coefficient (Wildman–Crippen LogP) is 4.07. The molecule has 28 heavy (non-hydrogen) atoms.